The molecule has 0 aliphatic heterocycles. The van der Waals surface area contributed by atoms with Crippen LogP contribution in [-0.4, -0.2) is 42.1 Å². The van der Waals surface area contributed by atoms with Gasteiger partial charge in [-0.2, -0.15) is 4.98 Å². The average Bonchev–Trinajstić information content (AvgIpc) is 3.41. The zero-order valence-corrected chi connectivity index (χ0v) is 15.1. The van der Waals surface area contributed by atoms with Crippen LogP contribution in [0.4, 0.5) is 21.8 Å². The molecule has 3 rings (SSSR count). The lowest BCUT2D eigenvalue weighted by Gasteiger charge is -2.13. The van der Waals surface area contributed by atoms with Crippen molar-refractivity contribution < 1.29 is 4.39 Å². The highest BCUT2D eigenvalue weighted by atomic mass is 19.1. The van der Waals surface area contributed by atoms with Gasteiger partial charge in [-0.05, 0) is 59.0 Å². The smallest absolute Gasteiger partial charge is 0.224 e. The first-order chi connectivity index (χ1) is 12.0. The van der Waals surface area contributed by atoms with Gasteiger partial charge in [-0.15, -0.1) is 0 Å². The van der Waals surface area contributed by atoms with Crippen molar-refractivity contribution >= 4 is 17.5 Å². The second-order valence-electron chi connectivity index (χ2n) is 6.90. The van der Waals surface area contributed by atoms with Crippen molar-refractivity contribution in [1.29, 1.82) is 0 Å². The Labute approximate surface area is 148 Å². The van der Waals surface area contributed by atoms with E-state index in [1.807, 2.05) is 12.1 Å². The number of hydrogen-bond donors (Lipinski definition) is 2. The fourth-order valence-electron chi connectivity index (χ4n) is 2.67. The molecule has 0 unspecified atom stereocenters. The Morgan fingerprint density at radius 3 is 2.76 bits per heavy atom. The zero-order chi connectivity index (χ0) is 17.8. The third-order valence-corrected chi connectivity index (χ3v) is 4.34. The van der Waals surface area contributed by atoms with Gasteiger partial charge < -0.3 is 15.5 Å². The van der Waals surface area contributed by atoms with Gasteiger partial charge in [0.2, 0.25) is 5.95 Å². The van der Waals surface area contributed by atoms with E-state index in [0.29, 0.717) is 23.2 Å². The van der Waals surface area contributed by atoms with Crippen molar-refractivity contribution in [1.82, 2.24) is 14.9 Å². The third-order valence-electron chi connectivity index (χ3n) is 4.34. The molecule has 2 N–H and O–H groups in total. The molecule has 0 radical (unpaired) electrons. The maximum Gasteiger partial charge on any atom is 0.224 e. The van der Waals surface area contributed by atoms with Crippen LogP contribution in [0.5, 0.6) is 0 Å². The van der Waals surface area contributed by atoms with E-state index in [1.54, 1.807) is 13.0 Å². The summed E-state index contributed by atoms with van der Waals surface area (Å²) in [5.74, 6) is 1.66. The van der Waals surface area contributed by atoms with Gasteiger partial charge in [0.25, 0.3) is 0 Å². The van der Waals surface area contributed by atoms with E-state index in [9.17, 15) is 4.39 Å². The normalized spacial score (nSPS) is 14.0. The highest BCUT2D eigenvalue weighted by Crippen LogP contribution is 2.40. The average molecular weight is 343 g/mol. The molecule has 134 valence electrons. The van der Waals surface area contributed by atoms with Crippen LogP contribution in [0.1, 0.15) is 36.4 Å². The van der Waals surface area contributed by atoms with Crippen LogP contribution in [0.15, 0.2) is 24.3 Å². The van der Waals surface area contributed by atoms with Crippen molar-refractivity contribution in [3.05, 3.63) is 41.3 Å². The highest BCUT2D eigenvalue weighted by molar-refractivity contribution is 5.61. The van der Waals surface area contributed by atoms with Gasteiger partial charge in [0.1, 0.15) is 11.6 Å². The zero-order valence-electron chi connectivity index (χ0n) is 15.1. The summed E-state index contributed by atoms with van der Waals surface area (Å²) in [6, 6.07) is 7.01. The van der Waals surface area contributed by atoms with E-state index in [-0.39, 0.29) is 5.82 Å². The molecule has 2 aromatic rings. The maximum atomic E-state index is 13.8. The minimum Gasteiger partial charge on any atom is -0.354 e. The first-order valence-electron chi connectivity index (χ1n) is 8.82. The second kappa shape index (κ2) is 7.78. The van der Waals surface area contributed by atoms with Gasteiger partial charge >= 0.3 is 0 Å². The summed E-state index contributed by atoms with van der Waals surface area (Å²) < 4.78 is 13.8. The summed E-state index contributed by atoms with van der Waals surface area (Å²) in [5.41, 5.74) is 2.38. The van der Waals surface area contributed by atoms with Crippen LogP contribution in [0.2, 0.25) is 0 Å². The van der Waals surface area contributed by atoms with Crippen molar-refractivity contribution in [2.24, 2.45) is 0 Å². The van der Waals surface area contributed by atoms with E-state index in [4.69, 9.17) is 0 Å². The van der Waals surface area contributed by atoms with Crippen LogP contribution in [0.25, 0.3) is 0 Å². The summed E-state index contributed by atoms with van der Waals surface area (Å²) in [6.07, 6.45) is 3.38. The lowest BCUT2D eigenvalue weighted by Crippen LogP contribution is -2.17. The summed E-state index contributed by atoms with van der Waals surface area (Å²) in [7, 11) is 4.13. The van der Waals surface area contributed by atoms with Gasteiger partial charge in [0, 0.05) is 29.8 Å². The number of aromatic nitrogens is 2. The number of anilines is 3. The fraction of sp³-hybridized carbons (Fsp3) is 0.474. The van der Waals surface area contributed by atoms with E-state index < -0.39 is 0 Å². The topological polar surface area (TPSA) is 53.1 Å². The number of nitrogens with one attached hydrogen (secondary N) is 2. The fourth-order valence-corrected chi connectivity index (χ4v) is 2.67. The summed E-state index contributed by atoms with van der Waals surface area (Å²) in [5, 5.41) is 6.56. The molecule has 5 nitrogen and oxygen atoms in total. The standard InChI is InChI=1S/C19H26FN5/c1-13-15(20)6-4-7-16(13)22-18-12-17(14-8-9-14)23-19(24-18)21-10-5-11-25(2)3/h4,6-7,12,14H,5,8-11H2,1-3H3,(H2,21,22,23,24). The van der Waals surface area contributed by atoms with Gasteiger partial charge in [-0.3, -0.25) is 0 Å². The number of rotatable bonds is 8. The predicted octanol–water partition coefficient (Wildman–Crippen LogP) is 3.91. The number of benzene rings is 1. The molecular formula is C19H26FN5. The Kier molecular flexibility index (Phi) is 5.48. The molecule has 6 heteroatoms. The lowest BCUT2D eigenvalue weighted by atomic mass is 10.2. The first kappa shape index (κ1) is 17.6. The third kappa shape index (κ3) is 4.89. The molecule has 1 heterocycles. The summed E-state index contributed by atoms with van der Waals surface area (Å²) in [4.78, 5) is 11.4. The van der Waals surface area contributed by atoms with Crippen LogP contribution >= 0.6 is 0 Å². The molecule has 1 aromatic carbocycles. The van der Waals surface area contributed by atoms with Gasteiger partial charge in [0.05, 0.1) is 5.69 Å². The van der Waals surface area contributed by atoms with Crippen LogP contribution in [0, 0.1) is 12.7 Å². The van der Waals surface area contributed by atoms with Crippen LogP contribution in [0.3, 0.4) is 0 Å². The van der Waals surface area contributed by atoms with E-state index in [1.165, 1.54) is 18.9 Å². The van der Waals surface area contributed by atoms with Crippen LogP contribution in [-0.2, 0) is 0 Å². The Balaban J connectivity index is 1.75. The first-order valence-corrected chi connectivity index (χ1v) is 8.82. The summed E-state index contributed by atoms with van der Waals surface area (Å²) in [6.45, 7) is 3.61. The number of hydrogen-bond acceptors (Lipinski definition) is 5. The van der Waals surface area contributed by atoms with Gasteiger partial charge in [0.15, 0.2) is 0 Å². The second-order valence-corrected chi connectivity index (χ2v) is 6.90. The lowest BCUT2D eigenvalue weighted by molar-refractivity contribution is 0.405. The van der Waals surface area contributed by atoms with E-state index >= 15 is 0 Å². The van der Waals surface area contributed by atoms with Crippen LogP contribution < -0.4 is 10.6 Å². The Hall–Kier alpha value is -2.21. The minimum absolute atomic E-state index is 0.219. The quantitative estimate of drug-likeness (QED) is 0.712. The van der Waals surface area contributed by atoms with E-state index in [2.05, 4.69) is 39.6 Å². The predicted molar refractivity (Wildman–Crippen MR) is 100 cm³/mol. The molecule has 1 saturated carbocycles. The highest BCUT2D eigenvalue weighted by Gasteiger charge is 2.26. The number of halogens is 1. The number of nitrogens with zero attached hydrogens (tertiary/aromatic N) is 3. The summed E-state index contributed by atoms with van der Waals surface area (Å²) >= 11 is 0. The molecule has 0 saturated heterocycles. The van der Waals surface area contributed by atoms with Crippen molar-refractivity contribution in [3.63, 3.8) is 0 Å². The molecule has 1 aliphatic rings. The Bertz CT molecular complexity index is 728. The Morgan fingerprint density at radius 1 is 1.24 bits per heavy atom. The van der Waals surface area contributed by atoms with Crippen molar-refractivity contribution in [2.75, 3.05) is 37.8 Å². The molecule has 0 spiro atoms. The van der Waals surface area contributed by atoms with Gasteiger partial charge in [-0.1, -0.05) is 6.07 Å². The SMILES string of the molecule is Cc1c(F)cccc1Nc1cc(C2CC2)nc(NCCCN(C)C)n1. The molecule has 0 bridgehead atoms. The van der Waals surface area contributed by atoms with Gasteiger partial charge in [-0.25, -0.2) is 9.37 Å². The maximum absolute atomic E-state index is 13.8. The van der Waals surface area contributed by atoms with Crippen molar-refractivity contribution in [2.45, 2.75) is 32.1 Å². The molecule has 1 aromatic heterocycles. The molecule has 1 fully saturated rings. The molecule has 25 heavy (non-hydrogen) atoms. The molecule has 0 atom stereocenters. The monoisotopic (exact) mass is 343 g/mol. The Morgan fingerprint density at radius 2 is 2.04 bits per heavy atom. The molecular weight excluding hydrogens is 317 g/mol. The molecule has 0 amide bonds. The largest absolute Gasteiger partial charge is 0.354 e. The molecule has 1 aliphatic carbocycles. The van der Waals surface area contributed by atoms with Crippen molar-refractivity contribution in [3.8, 4) is 0 Å². The minimum atomic E-state index is -0.219. The van der Waals surface area contributed by atoms with E-state index in [0.717, 1.165) is 30.9 Å².